The normalized spacial score (nSPS) is 13.9. The molecular formula is C10H11ClN2O2. The number of para-hydroxylation sites is 1. The molecule has 2 rings (SSSR count). The van der Waals surface area contributed by atoms with E-state index in [1.54, 1.807) is 0 Å². The highest BCUT2D eigenvalue weighted by atomic mass is 35.5. The van der Waals surface area contributed by atoms with Crippen molar-refractivity contribution < 1.29 is 9.47 Å². The number of nitrogens with two attached hydrogens (primary N) is 1. The molecule has 1 aromatic carbocycles. The summed E-state index contributed by atoms with van der Waals surface area (Å²) in [5, 5.41) is 8.54. The van der Waals surface area contributed by atoms with Gasteiger partial charge in [-0.2, -0.15) is 5.26 Å². The summed E-state index contributed by atoms with van der Waals surface area (Å²) in [4.78, 5) is 0. The van der Waals surface area contributed by atoms with E-state index in [-0.39, 0.29) is 31.7 Å². The van der Waals surface area contributed by atoms with Gasteiger partial charge >= 0.3 is 0 Å². The van der Waals surface area contributed by atoms with Crippen LogP contribution in [0.2, 0.25) is 0 Å². The molecule has 1 aliphatic heterocycles. The topological polar surface area (TPSA) is 68.3 Å². The van der Waals surface area contributed by atoms with Gasteiger partial charge in [0.1, 0.15) is 0 Å². The highest BCUT2D eigenvalue weighted by Gasteiger charge is 2.20. The van der Waals surface area contributed by atoms with Crippen LogP contribution in [0, 0.1) is 11.3 Å². The first kappa shape index (κ1) is 11.6. The summed E-state index contributed by atoms with van der Waals surface area (Å²) in [5.41, 5.74) is 6.66. The largest absolute Gasteiger partial charge is 0.454 e. The minimum absolute atomic E-state index is 0. The Morgan fingerprint density at radius 3 is 3.00 bits per heavy atom. The van der Waals surface area contributed by atoms with Crippen molar-refractivity contribution in [2.24, 2.45) is 5.73 Å². The fraction of sp³-hybridized carbons (Fsp3) is 0.300. The summed E-state index contributed by atoms with van der Waals surface area (Å²) in [7, 11) is 0. The molecule has 4 nitrogen and oxygen atoms in total. The molecule has 1 heterocycles. The Bertz CT molecular complexity index is 389. The Morgan fingerprint density at radius 2 is 2.27 bits per heavy atom. The van der Waals surface area contributed by atoms with Gasteiger partial charge in [0.05, 0.1) is 12.5 Å². The SMILES string of the molecule is Cl.N#CC[C@H](N)c1cccc2c1OCO2. The van der Waals surface area contributed by atoms with Crippen molar-refractivity contribution in [2.45, 2.75) is 12.5 Å². The predicted molar refractivity (Wildman–Crippen MR) is 57.0 cm³/mol. The molecule has 15 heavy (non-hydrogen) atoms. The van der Waals surface area contributed by atoms with Gasteiger partial charge in [-0.05, 0) is 6.07 Å². The molecular weight excluding hydrogens is 216 g/mol. The molecule has 1 aromatic rings. The highest BCUT2D eigenvalue weighted by molar-refractivity contribution is 5.85. The van der Waals surface area contributed by atoms with Crippen molar-refractivity contribution in [3.63, 3.8) is 0 Å². The summed E-state index contributed by atoms with van der Waals surface area (Å²) >= 11 is 0. The van der Waals surface area contributed by atoms with Gasteiger partial charge in [0.2, 0.25) is 6.79 Å². The number of rotatable bonds is 2. The number of hydrogen-bond donors (Lipinski definition) is 1. The zero-order valence-electron chi connectivity index (χ0n) is 7.97. The lowest BCUT2D eigenvalue weighted by molar-refractivity contribution is 0.173. The van der Waals surface area contributed by atoms with Crippen LogP contribution in [0.15, 0.2) is 18.2 Å². The summed E-state index contributed by atoms with van der Waals surface area (Å²) in [5.74, 6) is 1.38. The third-order valence-corrected chi connectivity index (χ3v) is 2.14. The van der Waals surface area contributed by atoms with Crippen LogP contribution in [0.5, 0.6) is 11.5 Å². The molecule has 0 aromatic heterocycles. The van der Waals surface area contributed by atoms with Gasteiger partial charge in [0.15, 0.2) is 11.5 Å². The number of halogens is 1. The number of fused-ring (bicyclic) bond motifs is 1. The molecule has 0 spiro atoms. The molecule has 0 bridgehead atoms. The van der Waals surface area contributed by atoms with Gasteiger partial charge in [-0.15, -0.1) is 12.4 Å². The second-order valence-electron chi connectivity index (χ2n) is 3.05. The minimum Gasteiger partial charge on any atom is -0.454 e. The third-order valence-electron chi connectivity index (χ3n) is 2.14. The zero-order chi connectivity index (χ0) is 9.97. The van der Waals surface area contributed by atoms with Crippen molar-refractivity contribution in [1.29, 1.82) is 5.26 Å². The van der Waals surface area contributed by atoms with E-state index in [0.29, 0.717) is 11.5 Å². The van der Waals surface area contributed by atoms with Crippen molar-refractivity contribution in [1.82, 2.24) is 0 Å². The van der Waals surface area contributed by atoms with Gasteiger partial charge in [0, 0.05) is 11.6 Å². The molecule has 0 aliphatic carbocycles. The molecule has 1 aliphatic rings. The maximum absolute atomic E-state index is 8.54. The van der Waals surface area contributed by atoms with Crippen LogP contribution in [-0.4, -0.2) is 6.79 Å². The first-order valence-electron chi connectivity index (χ1n) is 4.34. The lowest BCUT2D eigenvalue weighted by Crippen LogP contribution is -2.10. The van der Waals surface area contributed by atoms with E-state index < -0.39 is 0 Å². The van der Waals surface area contributed by atoms with Gasteiger partial charge in [-0.25, -0.2) is 0 Å². The summed E-state index contributed by atoms with van der Waals surface area (Å²) in [6, 6.07) is 7.26. The Labute approximate surface area is 94.0 Å². The summed E-state index contributed by atoms with van der Waals surface area (Å²) < 4.78 is 10.5. The fourth-order valence-electron chi connectivity index (χ4n) is 1.45. The van der Waals surface area contributed by atoms with E-state index in [2.05, 4.69) is 0 Å². The first-order valence-corrected chi connectivity index (χ1v) is 4.34. The Balaban J connectivity index is 0.00000112. The molecule has 0 fully saturated rings. The molecule has 0 amide bonds. The molecule has 2 N–H and O–H groups in total. The predicted octanol–water partition coefficient (Wildman–Crippen LogP) is 1.75. The number of nitrogens with zero attached hydrogens (tertiary/aromatic N) is 1. The van der Waals surface area contributed by atoms with E-state index in [1.807, 2.05) is 24.3 Å². The van der Waals surface area contributed by atoms with Gasteiger partial charge in [-0.1, -0.05) is 12.1 Å². The number of benzene rings is 1. The van der Waals surface area contributed by atoms with Crippen LogP contribution in [0.25, 0.3) is 0 Å². The second-order valence-corrected chi connectivity index (χ2v) is 3.05. The number of nitriles is 1. The number of hydrogen-bond acceptors (Lipinski definition) is 4. The van der Waals surface area contributed by atoms with Crippen LogP contribution in [0.3, 0.4) is 0 Å². The zero-order valence-corrected chi connectivity index (χ0v) is 8.79. The average Bonchev–Trinajstić information content (AvgIpc) is 2.65. The van der Waals surface area contributed by atoms with Crippen molar-refractivity contribution in [3.8, 4) is 17.6 Å². The summed E-state index contributed by atoms with van der Waals surface area (Å²) in [6.07, 6.45) is 0.278. The van der Waals surface area contributed by atoms with Crippen molar-refractivity contribution >= 4 is 12.4 Å². The van der Waals surface area contributed by atoms with Crippen LogP contribution in [0.4, 0.5) is 0 Å². The Morgan fingerprint density at radius 1 is 1.47 bits per heavy atom. The van der Waals surface area contributed by atoms with Crippen LogP contribution >= 0.6 is 12.4 Å². The Kier molecular flexibility index (Phi) is 3.78. The van der Waals surface area contributed by atoms with Crippen molar-refractivity contribution in [2.75, 3.05) is 6.79 Å². The average molecular weight is 227 g/mol. The first-order chi connectivity index (χ1) is 6.83. The molecule has 0 saturated carbocycles. The lowest BCUT2D eigenvalue weighted by Gasteiger charge is -2.10. The maximum atomic E-state index is 8.54. The third kappa shape index (κ3) is 2.14. The molecule has 5 heteroatoms. The van der Waals surface area contributed by atoms with Crippen molar-refractivity contribution in [3.05, 3.63) is 23.8 Å². The highest BCUT2D eigenvalue weighted by Crippen LogP contribution is 2.38. The molecule has 1 atom stereocenters. The van der Waals surface area contributed by atoms with E-state index in [0.717, 1.165) is 5.56 Å². The fourth-order valence-corrected chi connectivity index (χ4v) is 1.45. The van der Waals surface area contributed by atoms with E-state index >= 15 is 0 Å². The van der Waals surface area contributed by atoms with E-state index in [4.69, 9.17) is 20.5 Å². The van der Waals surface area contributed by atoms with E-state index in [9.17, 15) is 0 Å². The molecule has 80 valence electrons. The molecule has 0 unspecified atom stereocenters. The van der Waals surface area contributed by atoms with Gasteiger partial charge < -0.3 is 15.2 Å². The monoisotopic (exact) mass is 226 g/mol. The maximum Gasteiger partial charge on any atom is 0.231 e. The van der Waals surface area contributed by atoms with E-state index in [1.165, 1.54) is 0 Å². The van der Waals surface area contributed by atoms with Crippen LogP contribution in [-0.2, 0) is 0 Å². The molecule has 0 saturated heterocycles. The van der Waals surface area contributed by atoms with Gasteiger partial charge in [-0.3, -0.25) is 0 Å². The van der Waals surface area contributed by atoms with Gasteiger partial charge in [0.25, 0.3) is 0 Å². The van der Waals surface area contributed by atoms with Crippen LogP contribution < -0.4 is 15.2 Å². The lowest BCUT2D eigenvalue weighted by atomic mass is 10.0. The minimum atomic E-state index is -0.309. The Hall–Kier alpha value is -1.44. The smallest absolute Gasteiger partial charge is 0.231 e. The quantitative estimate of drug-likeness (QED) is 0.834. The number of ether oxygens (including phenoxy) is 2. The summed E-state index contributed by atoms with van der Waals surface area (Å²) in [6.45, 7) is 0.228. The standard InChI is InChI=1S/C10H10N2O2.ClH/c11-5-4-8(12)7-2-1-3-9-10(7)14-6-13-9;/h1-3,8H,4,6,12H2;1H/t8-;/m0./s1. The van der Waals surface area contributed by atoms with Crippen LogP contribution in [0.1, 0.15) is 18.0 Å². The molecule has 0 radical (unpaired) electrons. The second kappa shape index (κ2) is 4.87.